The molecule has 0 bridgehead atoms. The predicted molar refractivity (Wildman–Crippen MR) is 92.4 cm³/mol. The first-order valence-electron chi connectivity index (χ1n) is 8.30. The molecule has 1 atom stereocenters. The fourth-order valence-corrected chi connectivity index (χ4v) is 3.08. The third kappa shape index (κ3) is 3.38. The Hall–Kier alpha value is -2.94. The molecule has 0 aliphatic carbocycles. The van der Waals surface area contributed by atoms with Gasteiger partial charge >= 0.3 is 11.7 Å². The number of carboxylic acid groups (broad SMARTS) is 1. The second-order valence-corrected chi connectivity index (χ2v) is 6.08. The van der Waals surface area contributed by atoms with E-state index in [1.54, 1.807) is 6.92 Å². The summed E-state index contributed by atoms with van der Waals surface area (Å²) in [5.74, 6) is -1.29. The van der Waals surface area contributed by atoms with Crippen LogP contribution in [0, 0.1) is 0 Å². The van der Waals surface area contributed by atoms with Crippen molar-refractivity contribution in [3.63, 3.8) is 0 Å². The lowest BCUT2D eigenvalue weighted by Crippen LogP contribution is -2.46. The number of aromatic amines is 1. The SMILES string of the molecule is CCn1c(=O)[nH]c2cc(C(=O)N3CCO[C@H](CC(=O)O)C3)ccc2c1=O. The maximum atomic E-state index is 12.7. The van der Waals surface area contributed by atoms with Gasteiger partial charge in [-0.25, -0.2) is 4.79 Å². The van der Waals surface area contributed by atoms with Crippen LogP contribution in [0.25, 0.3) is 10.9 Å². The number of nitrogens with zero attached hydrogens (tertiary/aromatic N) is 2. The van der Waals surface area contributed by atoms with Gasteiger partial charge in [0.2, 0.25) is 0 Å². The molecule has 9 heteroatoms. The average Bonchev–Trinajstić information content (AvgIpc) is 2.60. The normalized spacial score (nSPS) is 17.4. The molecular weight excluding hydrogens is 342 g/mol. The molecule has 3 rings (SSSR count). The van der Waals surface area contributed by atoms with E-state index in [4.69, 9.17) is 9.84 Å². The number of carboxylic acids is 1. The van der Waals surface area contributed by atoms with E-state index in [1.165, 1.54) is 23.1 Å². The number of morpholine rings is 1. The van der Waals surface area contributed by atoms with E-state index in [1.807, 2.05) is 0 Å². The number of aliphatic carboxylic acids is 1. The zero-order chi connectivity index (χ0) is 18.8. The molecule has 0 radical (unpaired) electrons. The van der Waals surface area contributed by atoms with E-state index in [-0.39, 0.29) is 32.0 Å². The van der Waals surface area contributed by atoms with Crippen LogP contribution in [0.1, 0.15) is 23.7 Å². The van der Waals surface area contributed by atoms with Crippen molar-refractivity contribution in [2.75, 3.05) is 19.7 Å². The van der Waals surface area contributed by atoms with E-state index < -0.39 is 23.3 Å². The predicted octanol–water partition coefficient (Wildman–Crippen LogP) is 0.0254. The number of H-pyrrole nitrogens is 1. The summed E-state index contributed by atoms with van der Waals surface area (Å²) in [5.41, 5.74) is -0.315. The van der Waals surface area contributed by atoms with Crippen LogP contribution in [0.3, 0.4) is 0 Å². The fourth-order valence-electron chi connectivity index (χ4n) is 3.08. The van der Waals surface area contributed by atoms with Crippen LogP contribution in [0.4, 0.5) is 0 Å². The van der Waals surface area contributed by atoms with Crippen molar-refractivity contribution in [2.24, 2.45) is 0 Å². The Kier molecular flexibility index (Phi) is 4.90. The third-order valence-electron chi connectivity index (χ3n) is 4.37. The Balaban J connectivity index is 1.90. The van der Waals surface area contributed by atoms with Crippen LogP contribution >= 0.6 is 0 Å². The van der Waals surface area contributed by atoms with Crippen molar-refractivity contribution in [2.45, 2.75) is 26.0 Å². The first-order valence-corrected chi connectivity index (χ1v) is 8.30. The van der Waals surface area contributed by atoms with Gasteiger partial charge in [-0.3, -0.25) is 19.0 Å². The van der Waals surface area contributed by atoms with Crippen molar-refractivity contribution in [1.82, 2.24) is 14.5 Å². The zero-order valence-corrected chi connectivity index (χ0v) is 14.2. The molecule has 9 nitrogen and oxygen atoms in total. The van der Waals surface area contributed by atoms with Crippen LogP contribution in [0.15, 0.2) is 27.8 Å². The fraction of sp³-hybridized carbons (Fsp3) is 0.412. The zero-order valence-electron chi connectivity index (χ0n) is 14.2. The molecule has 1 aromatic carbocycles. The lowest BCUT2D eigenvalue weighted by molar-refractivity contribution is -0.141. The van der Waals surface area contributed by atoms with Gasteiger partial charge in [0.15, 0.2) is 0 Å². The topological polar surface area (TPSA) is 122 Å². The summed E-state index contributed by atoms with van der Waals surface area (Å²) in [7, 11) is 0. The molecule has 138 valence electrons. The number of rotatable bonds is 4. The molecule has 2 N–H and O–H groups in total. The second-order valence-electron chi connectivity index (χ2n) is 6.08. The summed E-state index contributed by atoms with van der Waals surface area (Å²) in [5, 5.41) is 9.20. The summed E-state index contributed by atoms with van der Waals surface area (Å²) >= 11 is 0. The quantitative estimate of drug-likeness (QED) is 0.792. The van der Waals surface area contributed by atoms with Gasteiger partial charge in [0.25, 0.3) is 11.5 Å². The number of hydrogen-bond acceptors (Lipinski definition) is 5. The molecule has 0 unspecified atom stereocenters. The van der Waals surface area contributed by atoms with E-state index in [2.05, 4.69) is 4.98 Å². The van der Waals surface area contributed by atoms with Crippen LogP contribution in [-0.4, -0.2) is 57.2 Å². The summed E-state index contributed by atoms with van der Waals surface area (Å²) < 4.78 is 6.45. The Morgan fingerprint density at radius 1 is 1.35 bits per heavy atom. The van der Waals surface area contributed by atoms with Crippen LogP contribution in [0.2, 0.25) is 0 Å². The highest BCUT2D eigenvalue weighted by atomic mass is 16.5. The number of benzene rings is 1. The average molecular weight is 361 g/mol. The molecule has 1 aromatic heterocycles. The number of aromatic nitrogens is 2. The van der Waals surface area contributed by atoms with E-state index in [9.17, 15) is 19.2 Å². The molecule has 0 spiro atoms. The summed E-state index contributed by atoms with van der Waals surface area (Å²) in [4.78, 5) is 51.9. The smallest absolute Gasteiger partial charge is 0.328 e. The summed E-state index contributed by atoms with van der Waals surface area (Å²) in [6.45, 7) is 2.74. The second kappa shape index (κ2) is 7.12. The monoisotopic (exact) mass is 361 g/mol. The van der Waals surface area contributed by atoms with Crippen LogP contribution in [-0.2, 0) is 16.1 Å². The number of hydrogen-bond donors (Lipinski definition) is 2. The Morgan fingerprint density at radius 3 is 2.81 bits per heavy atom. The minimum Gasteiger partial charge on any atom is -0.481 e. The van der Waals surface area contributed by atoms with Gasteiger partial charge < -0.3 is 19.7 Å². The maximum absolute atomic E-state index is 12.7. The van der Waals surface area contributed by atoms with Crippen molar-refractivity contribution in [3.8, 4) is 0 Å². The lowest BCUT2D eigenvalue weighted by Gasteiger charge is -2.32. The lowest BCUT2D eigenvalue weighted by atomic mass is 10.1. The molecule has 0 saturated carbocycles. The largest absolute Gasteiger partial charge is 0.481 e. The van der Waals surface area contributed by atoms with Crippen LogP contribution < -0.4 is 11.2 Å². The molecule has 1 fully saturated rings. The van der Waals surface area contributed by atoms with Gasteiger partial charge in [0.05, 0.1) is 30.0 Å². The molecule has 1 aliphatic heterocycles. The minimum atomic E-state index is -0.986. The molecule has 1 amide bonds. The highest BCUT2D eigenvalue weighted by Gasteiger charge is 2.26. The van der Waals surface area contributed by atoms with Crippen molar-refractivity contribution < 1.29 is 19.4 Å². The molecular formula is C17H19N3O6. The summed E-state index contributed by atoms with van der Waals surface area (Å²) in [6.07, 6.45) is -0.729. The van der Waals surface area contributed by atoms with E-state index in [0.29, 0.717) is 23.0 Å². The first-order chi connectivity index (χ1) is 12.4. The van der Waals surface area contributed by atoms with Gasteiger partial charge in [-0.2, -0.15) is 0 Å². The number of carbonyl (C=O) groups excluding carboxylic acids is 1. The van der Waals surface area contributed by atoms with E-state index >= 15 is 0 Å². The number of nitrogens with one attached hydrogen (secondary N) is 1. The third-order valence-corrected chi connectivity index (χ3v) is 4.37. The Labute approximate surface area is 147 Å². The van der Waals surface area contributed by atoms with Gasteiger partial charge in [0, 0.05) is 25.2 Å². The number of ether oxygens (including phenoxy) is 1. The van der Waals surface area contributed by atoms with Crippen molar-refractivity contribution in [3.05, 3.63) is 44.6 Å². The standard InChI is InChI=1S/C17H19N3O6/c1-2-20-16(24)12-4-3-10(7-13(12)18-17(20)25)15(23)19-5-6-26-11(9-19)8-14(21)22/h3-4,7,11H,2,5-6,8-9H2,1H3,(H,18,25)(H,21,22)/t11-/m1/s1. The molecule has 26 heavy (non-hydrogen) atoms. The molecule has 1 aliphatic rings. The number of carbonyl (C=O) groups is 2. The van der Waals surface area contributed by atoms with Gasteiger partial charge in [-0.05, 0) is 25.1 Å². The van der Waals surface area contributed by atoms with Crippen molar-refractivity contribution in [1.29, 1.82) is 0 Å². The van der Waals surface area contributed by atoms with Gasteiger partial charge in [0.1, 0.15) is 0 Å². The minimum absolute atomic E-state index is 0.175. The highest BCUT2D eigenvalue weighted by molar-refractivity contribution is 5.97. The highest BCUT2D eigenvalue weighted by Crippen LogP contribution is 2.15. The Bertz CT molecular complexity index is 977. The molecule has 1 saturated heterocycles. The number of amides is 1. The first kappa shape index (κ1) is 17.9. The summed E-state index contributed by atoms with van der Waals surface area (Å²) in [6, 6.07) is 4.52. The van der Waals surface area contributed by atoms with Gasteiger partial charge in [-0.15, -0.1) is 0 Å². The molecule has 2 heterocycles. The Morgan fingerprint density at radius 2 is 2.12 bits per heavy atom. The van der Waals surface area contributed by atoms with E-state index in [0.717, 1.165) is 4.57 Å². The van der Waals surface area contributed by atoms with Crippen molar-refractivity contribution >= 4 is 22.8 Å². The van der Waals surface area contributed by atoms with Gasteiger partial charge in [-0.1, -0.05) is 0 Å². The maximum Gasteiger partial charge on any atom is 0.328 e. The van der Waals surface area contributed by atoms with Crippen LogP contribution in [0.5, 0.6) is 0 Å². The molecule has 2 aromatic rings. The number of fused-ring (bicyclic) bond motifs is 1.